The summed E-state index contributed by atoms with van der Waals surface area (Å²) < 4.78 is 36.6. The van der Waals surface area contributed by atoms with Crippen molar-refractivity contribution in [2.75, 3.05) is 0 Å². The Hall–Kier alpha value is -7.47. The van der Waals surface area contributed by atoms with E-state index in [2.05, 4.69) is 19.9 Å². The first kappa shape index (κ1) is 32.4. The lowest BCUT2D eigenvalue weighted by atomic mass is 9.99. The molecular formula is C40H28B2N4O8. The van der Waals surface area contributed by atoms with Crippen LogP contribution in [0.3, 0.4) is 0 Å². The summed E-state index contributed by atoms with van der Waals surface area (Å²) >= 11 is 0. The molecule has 9 rings (SSSR count). The van der Waals surface area contributed by atoms with Crippen molar-refractivity contribution in [3.05, 3.63) is 169 Å². The van der Waals surface area contributed by atoms with Crippen LogP contribution in [0.5, 0.6) is 23.0 Å². The molecule has 6 heterocycles. The zero-order chi connectivity index (χ0) is 36.4. The van der Waals surface area contributed by atoms with Crippen molar-refractivity contribution in [2.24, 2.45) is 0 Å². The molecule has 0 fully saturated rings. The predicted octanol–water partition coefficient (Wildman–Crippen LogP) is 7.73. The average molecular weight is 714 g/mol. The van der Waals surface area contributed by atoms with Crippen molar-refractivity contribution in [3.8, 4) is 45.3 Å². The minimum atomic E-state index is -1.13. The highest BCUT2D eigenvalue weighted by atomic mass is 16.8. The van der Waals surface area contributed by atoms with Crippen LogP contribution in [0.15, 0.2) is 146 Å². The smallest absolute Gasteiger partial charge is 0.488 e. The molecule has 262 valence electrons. The van der Waals surface area contributed by atoms with E-state index in [1.54, 1.807) is 73.3 Å². The van der Waals surface area contributed by atoms with Crippen molar-refractivity contribution in [1.82, 2.24) is 19.9 Å². The van der Waals surface area contributed by atoms with E-state index in [0.29, 0.717) is 45.8 Å². The highest BCUT2D eigenvalue weighted by Crippen LogP contribution is 2.45. The number of carbonyl (C=O) groups excluding carboxylic acids is 2. The lowest BCUT2D eigenvalue weighted by Crippen LogP contribution is -2.28. The molecule has 0 spiro atoms. The Balaban J connectivity index is 0.922. The van der Waals surface area contributed by atoms with Crippen LogP contribution in [0.4, 0.5) is 0 Å². The average Bonchev–Trinajstić information content (AvgIpc) is 4.04. The largest absolute Gasteiger partial charge is 0.864 e. The molecule has 54 heavy (non-hydrogen) atoms. The van der Waals surface area contributed by atoms with Gasteiger partial charge in [0.1, 0.15) is 23.0 Å². The number of allylic oxidation sites excluding steroid dienone is 2. The van der Waals surface area contributed by atoms with E-state index in [-0.39, 0.29) is 23.1 Å². The second kappa shape index (κ2) is 13.9. The van der Waals surface area contributed by atoms with E-state index in [9.17, 15) is 9.59 Å². The summed E-state index contributed by atoms with van der Waals surface area (Å²) in [4.78, 5) is 37.8. The Labute approximate surface area is 308 Å². The van der Waals surface area contributed by atoms with E-state index < -0.39 is 14.6 Å². The molecule has 14 heteroatoms. The Morgan fingerprint density at radius 3 is 1.22 bits per heavy atom. The molecule has 0 atom stereocenters. The summed E-state index contributed by atoms with van der Waals surface area (Å²) in [5.74, 6) is 2.03. The van der Waals surface area contributed by atoms with Gasteiger partial charge in [-0.15, -0.1) is 0 Å². The van der Waals surface area contributed by atoms with Crippen molar-refractivity contribution in [1.29, 1.82) is 0 Å². The number of H-pyrrole nitrogens is 4. The Bertz CT molecular complexity index is 2320. The van der Waals surface area contributed by atoms with Gasteiger partial charge >= 0.3 is 14.6 Å². The van der Waals surface area contributed by atoms with Gasteiger partial charge in [0.25, 0.3) is 0 Å². The number of benzene rings is 3. The highest BCUT2D eigenvalue weighted by Gasteiger charge is 2.42. The molecule has 4 aromatic heterocycles. The summed E-state index contributed by atoms with van der Waals surface area (Å²) in [6.45, 7) is 0. The first-order chi connectivity index (χ1) is 26.6. The second-order valence-electron chi connectivity index (χ2n) is 12.2. The number of aromatic amines is 4. The van der Waals surface area contributed by atoms with Crippen LogP contribution in [0.2, 0.25) is 0 Å². The molecular weight excluding hydrogens is 686 g/mol. The molecule has 12 nitrogen and oxygen atoms in total. The molecule has 0 bridgehead atoms. The minimum absolute atomic E-state index is 0.261. The van der Waals surface area contributed by atoms with Gasteiger partial charge in [0.15, 0.2) is 11.5 Å². The lowest BCUT2D eigenvalue weighted by Gasteiger charge is -2.12. The van der Waals surface area contributed by atoms with Crippen molar-refractivity contribution in [2.45, 2.75) is 0 Å². The van der Waals surface area contributed by atoms with Gasteiger partial charge in [-0.05, 0) is 71.8 Å². The Kier molecular flexibility index (Phi) is 8.36. The van der Waals surface area contributed by atoms with E-state index in [4.69, 9.17) is 27.9 Å². The van der Waals surface area contributed by atoms with Crippen LogP contribution in [-0.2, 0) is 9.31 Å². The highest BCUT2D eigenvalue weighted by molar-refractivity contribution is 6.42. The molecule has 0 aliphatic carbocycles. The molecule has 7 aromatic rings. The fourth-order valence-electron chi connectivity index (χ4n) is 6.17. The maximum atomic E-state index is 12.9. The topological polar surface area (TPSA) is 153 Å². The monoisotopic (exact) mass is 714 g/mol. The van der Waals surface area contributed by atoms with Gasteiger partial charge < -0.3 is 47.9 Å². The number of rotatable bonds is 12. The second-order valence-corrected chi connectivity index (χ2v) is 12.2. The molecule has 0 saturated heterocycles. The molecule has 0 unspecified atom stereocenters. The van der Waals surface area contributed by atoms with Crippen LogP contribution in [0, 0.1) is 0 Å². The fraction of sp³-hybridized carbons (Fsp3) is 0. The van der Waals surface area contributed by atoms with Gasteiger partial charge in [0, 0.05) is 48.1 Å². The molecule has 2 aliphatic heterocycles. The van der Waals surface area contributed by atoms with Gasteiger partial charge in [0.2, 0.25) is 11.6 Å². The Morgan fingerprint density at radius 1 is 0.463 bits per heavy atom. The van der Waals surface area contributed by atoms with Crippen molar-refractivity contribution in [3.63, 3.8) is 0 Å². The summed E-state index contributed by atoms with van der Waals surface area (Å²) in [5, 5.41) is 0. The number of hydrogen-bond donors (Lipinski definition) is 4. The van der Waals surface area contributed by atoms with Crippen LogP contribution in [-0.4, -0.2) is 46.1 Å². The third kappa shape index (κ3) is 6.43. The number of nitrogens with one attached hydrogen (secondary N) is 4. The van der Waals surface area contributed by atoms with Gasteiger partial charge in [-0.1, -0.05) is 48.5 Å². The van der Waals surface area contributed by atoms with Crippen LogP contribution in [0.25, 0.3) is 33.8 Å². The molecule has 0 radical (unpaired) electrons. The summed E-state index contributed by atoms with van der Waals surface area (Å²) in [5.41, 5.74) is 5.37. The number of ketones is 2. The number of carbonyl (C=O) groups is 2. The van der Waals surface area contributed by atoms with Crippen molar-refractivity contribution < 1.29 is 37.5 Å². The third-order valence-corrected chi connectivity index (χ3v) is 8.76. The van der Waals surface area contributed by atoms with E-state index >= 15 is 0 Å². The molecule has 0 saturated carbocycles. The van der Waals surface area contributed by atoms with Crippen molar-refractivity contribution >= 4 is 37.7 Å². The molecule has 3 aromatic carbocycles. The third-order valence-electron chi connectivity index (χ3n) is 8.76. The quantitative estimate of drug-likeness (QED) is 0.0435. The number of para-hydroxylation sites is 2. The summed E-state index contributed by atoms with van der Waals surface area (Å²) in [6, 6.07) is 33.2. The standard InChI is InChI=1S/C40H28B2N4O8/c47-33(29-9-3-19-43-29)23-37(31-11-5-21-45-31)51-41-49-35-13-1-7-27(39(35)53-41)25-15-17-26(18-16-25)28-8-2-14-36-40(28)54-42(50-36)52-38(32-12-6-22-46-32)24-34(48)30-10-4-20-44-30/h1-24,43-46H/b37-23+,38-24+. The zero-order valence-electron chi connectivity index (χ0n) is 28.3. The maximum absolute atomic E-state index is 12.9. The summed E-state index contributed by atoms with van der Waals surface area (Å²) in [6.07, 6.45) is 9.62. The van der Waals surface area contributed by atoms with Crippen LogP contribution in [0.1, 0.15) is 32.4 Å². The van der Waals surface area contributed by atoms with E-state index in [1.807, 2.05) is 60.7 Å². The Morgan fingerprint density at radius 2 is 0.852 bits per heavy atom. The van der Waals surface area contributed by atoms with Crippen LogP contribution < -0.4 is 18.6 Å². The normalized spacial score (nSPS) is 13.3. The molecule has 2 aliphatic rings. The van der Waals surface area contributed by atoms with Gasteiger partial charge in [0.05, 0.1) is 22.8 Å². The fourth-order valence-corrected chi connectivity index (χ4v) is 6.17. The van der Waals surface area contributed by atoms with Gasteiger partial charge in [-0.2, -0.15) is 0 Å². The minimum Gasteiger partial charge on any atom is -0.488 e. The number of hydrogen-bond acceptors (Lipinski definition) is 8. The van der Waals surface area contributed by atoms with E-state index in [1.165, 1.54) is 12.2 Å². The van der Waals surface area contributed by atoms with Gasteiger partial charge in [-0.25, -0.2) is 0 Å². The van der Waals surface area contributed by atoms with Gasteiger partial charge in [-0.3, -0.25) is 9.59 Å². The lowest BCUT2D eigenvalue weighted by molar-refractivity contribution is 0.103. The van der Waals surface area contributed by atoms with Crippen LogP contribution >= 0.6 is 0 Å². The zero-order valence-corrected chi connectivity index (χ0v) is 28.3. The first-order valence-corrected chi connectivity index (χ1v) is 17.0. The predicted molar refractivity (Wildman–Crippen MR) is 201 cm³/mol. The summed E-state index contributed by atoms with van der Waals surface area (Å²) in [7, 11) is -2.27. The maximum Gasteiger partial charge on any atom is 0.864 e. The number of aromatic nitrogens is 4. The SMILES string of the molecule is O=C(/C=C(/OB1Oc2cccc(-c3ccc(-c4cccc5c4OB(O/C(=C/C(=O)c4ccc[nH]4)c4ccc[nH]4)O5)cc3)c2O1)c1ccc[nH]1)c1ccc[nH]1. The first-order valence-electron chi connectivity index (χ1n) is 17.0. The molecule has 0 amide bonds. The molecule has 4 N–H and O–H groups in total. The number of fused-ring (bicyclic) bond motifs is 2. The van der Waals surface area contributed by atoms with E-state index in [0.717, 1.165) is 22.3 Å².